The van der Waals surface area contributed by atoms with Gasteiger partial charge in [-0.15, -0.1) is 0 Å². The molecule has 2 fully saturated rings. The molecule has 4 rings (SSSR count). The number of fused-ring (bicyclic) bond motifs is 2. The molecule has 2 saturated heterocycles. The van der Waals surface area contributed by atoms with Crippen molar-refractivity contribution in [3.63, 3.8) is 0 Å². The first-order chi connectivity index (χ1) is 13.3. The van der Waals surface area contributed by atoms with Crippen LogP contribution in [0.5, 0.6) is 5.75 Å². The molecule has 0 saturated carbocycles. The fourth-order valence-electron chi connectivity index (χ4n) is 4.39. The zero-order chi connectivity index (χ0) is 18.5. The third-order valence-corrected chi connectivity index (χ3v) is 5.64. The standard InChI is InChI=1S/C22H27N3O2/c26-22(24-12-4-7-17-5-2-1-3-6-17)25-18-8-9-19(25)16-21(15-18)27-20-10-13-23-14-11-20/h1-3,5-6,10-11,13-14,18-19,21H,4,7-9,12,15-16H2,(H,24,26). The fourth-order valence-corrected chi connectivity index (χ4v) is 4.39. The maximum Gasteiger partial charge on any atom is 0.317 e. The molecule has 1 aromatic carbocycles. The van der Waals surface area contributed by atoms with E-state index in [9.17, 15) is 4.79 Å². The summed E-state index contributed by atoms with van der Waals surface area (Å²) in [5, 5.41) is 3.13. The van der Waals surface area contributed by atoms with E-state index < -0.39 is 0 Å². The highest BCUT2D eigenvalue weighted by Crippen LogP contribution is 2.37. The minimum absolute atomic E-state index is 0.0953. The van der Waals surface area contributed by atoms with Crippen molar-refractivity contribution in [2.24, 2.45) is 0 Å². The van der Waals surface area contributed by atoms with Gasteiger partial charge in [-0.05, 0) is 43.4 Å². The first-order valence-electron chi connectivity index (χ1n) is 9.96. The number of pyridine rings is 1. The van der Waals surface area contributed by atoms with Crippen LogP contribution in [0.15, 0.2) is 54.9 Å². The lowest BCUT2D eigenvalue weighted by Gasteiger charge is -2.38. The fraction of sp³-hybridized carbons (Fsp3) is 0.455. The minimum atomic E-state index is 0.0953. The van der Waals surface area contributed by atoms with Crippen LogP contribution in [0, 0.1) is 0 Å². The topological polar surface area (TPSA) is 54.5 Å². The largest absolute Gasteiger partial charge is 0.490 e. The van der Waals surface area contributed by atoms with Gasteiger partial charge in [-0.1, -0.05) is 30.3 Å². The SMILES string of the molecule is O=C(NCCCc1ccccc1)N1C2CCC1CC(Oc1ccncc1)C2. The van der Waals surface area contributed by atoms with Crippen molar-refractivity contribution >= 4 is 6.03 Å². The number of nitrogens with one attached hydrogen (secondary N) is 1. The number of hydrogen-bond acceptors (Lipinski definition) is 3. The lowest BCUT2D eigenvalue weighted by molar-refractivity contribution is 0.0687. The van der Waals surface area contributed by atoms with E-state index in [2.05, 4.69) is 39.5 Å². The lowest BCUT2D eigenvalue weighted by Crippen LogP contribution is -2.53. The molecule has 0 radical (unpaired) electrons. The maximum atomic E-state index is 12.7. The molecule has 2 unspecified atom stereocenters. The summed E-state index contributed by atoms with van der Waals surface area (Å²) in [6, 6.07) is 14.9. The van der Waals surface area contributed by atoms with Crippen molar-refractivity contribution in [3.05, 3.63) is 60.4 Å². The Kier molecular flexibility index (Phi) is 5.56. The predicted octanol–water partition coefficient (Wildman–Crippen LogP) is 3.80. The number of carbonyl (C=O) groups excluding carboxylic acids is 1. The van der Waals surface area contributed by atoms with Crippen molar-refractivity contribution in [2.75, 3.05) is 6.54 Å². The van der Waals surface area contributed by atoms with Gasteiger partial charge in [0.15, 0.2) is 0 Å². The molecule has 3 heterocycles. The smallest absolute Gasteiger partial charge is 0.317 e. The van der Waals surface area contributed by atoms with Crippen LogP contribution in [0.4, 0.5) is 4.79 Å². The van der Waals surface area contributed by atoms with Gasteiger partial charge < -0.3 is 15.0 Å². The van der Waals surface area contributed by atoms with Gasteiger partial charge in [0.1, 0.15) is 11.9 Å². The Bertz CT molecular complexity index is 724. The summed E-state index contributed by atoms with van der Waals surface area (Å²) < 4.78 is 6.11. The lowest BCUT2D eigenvalue weighted by atomic mass is 10.00. The number of benzene rings is 1. The van der Waals surface area contributed by atoms with Gasteiger partial charge in [0.2, 0.25) is 0 Å². The maximum absolute atomic E-state index is 12.7. The number of aromatic nitrogens is 1. The van der Waals surface area contributed by atoms with Gasteiger partial charge in [-0.25, -0.2) is 4.79 Å². The van der Waals surface area contributed by atoms with Gasteiger partial charge in [-0.2, -0.15) is 0 Å². The Labute approximate surface area is 160 Å². The molecule has 2 aromatic rings. The second kappa shape index (κ2) is 8.42. The van der Waals surface area contributed by atoms with Gasteiger partial charge >= 0.3 is 6.03 Å². The van der Waals surface area contributed by atoms with Crippen molar-refractivity contribution < 1.29 is 9.53 Å². The van der Waals surface area contributed by atoms with Crippen molar-refractivity contribution in [3.8, 4) is 5.75 Å². The molecular formula is C22H27N3O2. The van der Waals surface area contributed by atoms with E-state index in [0.29, 0.717) is 12.1 Å². The van der Waals surface area contributed by atoms with Crippen molar-refractivity contribution in [1.29, 1.82) is 0 Å². The zero-order valence-electron chi connectivity index (χ0n) is 15.6. The van der Waals surface area contributed by atoms with Crippen LogP contribution in [0.2, 0.25) is 0 Å². The molecule has 2 bridgehead atoms. The van der Waals surface area contributed by atoms with E-state index in [1.54, 1.807) is 12.4 Å². The number of piperidine rings is 1. The van der Waals surface area contributed by atoms with Crippen LogP contribution in [-0.2, 0) is 6.42 Å². The van der Waals surface area contributed by atoms with Crippen molar-refractivity contribution in [1.82, 2.24) is 15.2 Å². The molecule has 2 aliphatic heterocycles. The highest BCUT2D eigenvalue weighted by Gasteiger charge is 2.43. The molecule has 1 N–H and O–H groups in total. The van der Waals surface area contributed by atoms with Crippen LogP contribution in [0.1, 0.15) is 37.7 Å². The number of urea groups is 1. The summed E-state index contributed by atoms with van der Waals surface area (Å²) >= 11 is 0. The third-order valence-electron chi connectivity index (χ3n) is 5.64. The first-order valence-corrected chi connectivity index (χ1v) is 9.96. The number of rotatable bonds is 6. The minimum Gasteiger partial charge on any atom is -0.490 e. The van der Waals surface area contributed by atoms with Gasteiger partial charge in [0.25, 0.3) is 0 Å². The number of amides is 2. The summed E-state index contributed by atoms with van der Waals surface area (Å²) in [5.41, 5.74) is 1.32. The van der Waals surface area contributed by atoms with Gasteiger partial charge in [0, 0.05) is 43.9 Å². The normalized spacial score (nSPS) is 23.9. The summed E-state index contributed by atoms with van der Waals surface area (Å²) in [7, 11) is 0. The highest BCUT2D eigenvalue weighted by molar-refractivity contribution is 5.75. The Balaban J connectivity index is 1.24. The molecule has 0 spiro atoms. The molecule has 0 aliphatic carbocycles. The molecule has 5 nitrogen and oxygen atoms in total. The molecule has 5 heteroatoms. The van der Waals surface area contributed by atoms with E-state index in [0.717, 1.165) is 50.8 Å². The van der Waals surface area contributed by atoms with E-state index in [-0.39, 0.29) is 12.1 Å². The van der Waals surface area contributed by atoms with Crippen LogP contribution in [0.3, 0.4) is 0 Å². The van der Waals surface area contributed by atoms with E-state index >= 15 is 0 Å². The molecule has 2 aliphatic rings. The number of hydrogen-bond donors (Lipinski definition) is 1. The van der Waals surface area contributed by atoms with Crippen LogP contribution < -0.4 is 10.1 Å². The molecule has 142 valence electrons. The van der Waals surface area contributed by atoms with E-state index in [1.807, 2.05) is 18.2 Å². The van der Waals surface area contributed by atoms with Crippen LogP contribution in [0.25, 0.3) is 0 Å². The number of ether oxygens (including phenoxy) is 1. The monoisotopic (exact) mass is 365 g/mol. The predicted molar refractivity (Wildman–Crippen MR) is 105 cm³/mol. The molecule has 2 atom stereocenters. The number of nitrogens with zero attached hydrogens (tertiary/aromatic N) is 2. The molecular weight excluding hydrogens is 338 g/mol. The number of carbonyl (C=O) groups is 1. The van der Waals surface area contributed by atoms with Crippen LogP contribution in [-0.4, -0.2) is 40.6 Å². The summed E-state index contributed by atoms with van der Waals surface area (Å²) in [4.78, 5) is 18.8. The molecule has 1 aromatic heterocycles. The van der Waals surface area contributed by atoms with E-state index in [1.165, 1.54) is 5.56 Å². The van der Waals surface area contributed by atoms with Crippen LogP contribution >= 0.6 is 0 Å². The van der Waals surface area contributed by atoms with Gasteiger partial charge in [0.05, 0.1) is 0 Å². The Hall–Kier alpha value is -2.56. The molecule has 27 heavy (non-hydrogen) atoms. The Morgan fingerprint density at radius 2 is 1.78 bits per heavy atom. The average Bonchev–Trinajstić information content (AvgIpc) is 2.97. The quantitative estimate of drug-likeness (QED) is 0.792. The summed E-state index contributed by atoms with van der Waals surface area (Å²) in [5.74, 6) is 0.869. The van der Waals surface area contributed by atoms with Crippen molar-refractivity contribution in [2.45, 2.75) is 56.7 Å². The molecule has 2 amide bonds. The number of aryl methyl sites for hydroxylation is 1. The summed E-state index contributed by atoms with van der Waals surface area (Å²) in [6.45, 7) is 0.723. The highest BCUT2D eigenvalue weighted by atomic mass is 16.5. The Morgan fingerprint density at radius 1 is 1.07 bits per heavy atom. The second-order valence-corrected chi connectivity index (χ2v) is 7.51. The third kappa shape index (κ3) is 4.41. The zero-order valence-corrected chi connectivity index (χ0v) is 15.6. The first kappa shape index (κ1) is 17.8. The second-order valence-electron chi connectivity index (χ2n) is 7.51. The van der Waals surface area contributed by atoms with E-state index in [4.69, 9.17) is 4.74 Å². The Morgan fingerprint density at radius 3 is 2.48 bits per heavy atom. The summed E-state index contributed by atoms with van der Waals surface area (Å²) in [6.07, 6.45) is 9.64. The average molecular weight is 365 g/mol. The van der Waals surface area contributed by atoms with Gasteiger partial charge in [-0.3, -0.25) is 4.98 Å².